The fourth-order valence-corrected chi connectivity index (χ4v) is 5.17. The van der Waals surface area contributed by atoms with E-state index >= 15 is 0 Å². The molecule has 4 N–H and O–H groups in total. The standard InChI is InChI=1S/C20H25N3O5/c1-4-11-6-5-7-12-16(11)21-19(27)20(12)14-13(15(22-20)10(2)24)17(25)23(18(14)26)8-9-28-3/h5-7,10,13-15,22,24H,4,8-9H2,1-3H3,(H,21,27)/p+1/t10-,13+,14+,15+,20+/m1/s1. The third kappa shape index (κ3) is 2.31. The summed E-state index contributed by atoms with van der Waals surface area (Å²) in [4.78, 5) is 40.9. The number of nitrogens with zero attached hydrogens (tertiary/aromatic N) is 1. The number of aryl methyl sites for hydroxylation is 1. The van der Waals surface area contributed by atoms with Gasteiger partial charge in [0.2, 0.25) is 17.4 Å². The topological polar surface area (TPSA) is 113 Å². The highest BCUT2D eigenvalue weighted by Crippen LogP contribution is 2.50. The largest absolute Gasteiger partial charge is 0.387 e. The van der Waals surface area contributed by atoms with Crippen LogP contribution in [0.5, 0.6) is 0 Å². The maximum Gasteiger partial charge on any atom is 0.291 e. The number of rotatable bonds is 5. The molecule has 0 aliphatic carbocycles. The van der Waals surface area contributed by atoms with Crippen LogP contribution >= 0.6 is 0 Å². The van der Waals surface area contributed by atoms with Gasteiger partial charge in [0.15, 0.2) is 0 Å². The molecule has 0 saturated carbocycles. The minimum absolute atomic E-state index is 0.146. The molecule has 8 heteroatoms. The third-order valence-electron chi connectivity index (χ3n) is 6.47. The number of aliphatic hydroxyl groups excluding tert-OH is 1. The van der Waals surface area contributed by atoms with Gasteiger partial charge in [-0.2, -0.15) is 0 Å². The highest BCUT2D eigenvalue weighted by molar-refractivity contribution is 6.14. The average molecular weight is 388 g/mol. The molecule has 1 spiro atoms. The van der Waals surface area contributed by atoms with Crippen molar-refractivity contribution >= 4 is 23.4 Å². The van der Waals surface area contributed by atoms with Crippen LogP contribution in [0, 0.1) is 11.8 Å². The van der Waals surface area contributed by atoms with E-state index in [4.69, 9.17) is 4.74 Å². The van der Waals surface area contributed by atoms with Crippen LogP contribution in [0.3, 0.4) is 0 Å². The fraction of sp³-hybridized carbons (Fsp3) is 0.550. The number of quaternary nitrogens is 1. The van der Waals surface area contributed by atoms with Gasteiger partial charge in [-0.15, -0.1) is 0 Å². The van der Waals surface area contributed by atoms with Gasteiger partial charge < -0.3 is 20.5 Å². The second-order valence-electron chi connectivity index (χ2n) is 7.83. The molecule has 150 valence electrons. The van der Waals surface area contributed by atoms with Crippen molar-refractivity contribution in [3.8, 4) is 0 Å². The summed E-state index contributed by atoms with van der Waals surface area (Å²) in [5.41, 5.74) is 1.21. The van der Waals surface area contributed by atoms with Crippen molar-refractivity contribution in [1.82, 2.24) is 4.90 Å². The van der Waals surface area contributed by atoms with Gasteiger partial charge in [-0.1, -0.05) is 25.1 Å². The van der Waals surface area contributed by atoms with Gasteiger partial charge in [0.05, 0.1) is 18.8 Å². The first kappa shape index (κ1) is 19.0. The monoisotopic (exact) mass is 388 g/mol. The van der Waals surface area contributed by atoms with Crippen molar-refractivity contribution in [1.29, 1.82) is 0 Å². The van der Waals surface area contributed by atoms with Crippen molar-refractivity contribution in [3.63, 3.8) is 0 Å². The first-order valence-electron chi connectivity index (χ1n) is 9.70. The van der Waals surface area contributed by atoms with Crippen LogP contribution < -0.4 is 10.6 Å². The maximum absolute atomic E-state index is 13.3. The zero-order valence-corrected chi connectivity index (χ0v) is 16.3. The van der Waals surface area contributed by atoms with E-state index in [1.54, 1.807) is 12.2 Å². The van der Waals surface area contributed by atoms with E-state index in [0.29, 0.717) is 0 Å². The Hall–Kier alpha value is -2.29. The van der Waals surface area contributed by atoms with Crippen molar-refractivity contribution < 1.29 is 29.5 Å². The number of amides is 3. The normalized spacial score (nSPS) is 32.1. The molecule has 1 aromatic rings. The third-order valence-corrected chi connectivity index (χ3v) is 6.47. The molecule has 28 heavy (non-hydrogen) atoms. The van der Waals surface area contributed by atoms with Crippen LogP contribution in [-0.4, -0.2) is 60.1 Å². The lowest BCUT2D eigenvalue weighted by Crippen LogP contribution is -3.00. The van der Waals surface area contributed by atoms with Crippen LogP contribution in [0.4, 0.5) is 5.69 Å². The molecule has 0 unspecified atom stereocenters. The van der Waals surface area contributed by atoms with Gasteiger partial charge in [-0.05, 0) is 18.9 Å². The summed E-state index contributed by atoms with van der Waals surface area (Å²) in [6.45, 7) is 3.98. The van der Waals surface area contributed by atoms with E-state index in [1.807, 2.05) is 25.1 Å². The van der Waals surface area contributed by atoms with E-state index in [1.165, 1.54) is 12.0 Å². The number of likely N-dealkylation sites (tertiary alicyclic amines) is 1. The van der Waals surface area contributed by atoms with E-state index in [0.717, 1.165) is 23.2 Å². The molecular formula is C20H26N3O5+. The molecule has 3 heterocycles. The molecule has 4 rings (SSSR count). The molecule has 5 atom stereocenters. The number of imide groups is 1. The Morgan fingerprint density at radius 3 is 2.71 bits per heavy atom. The molecule has 3 aliphatic rings. The van der Waals surface area contributed by atoms with Crippen LogP contribution in [0.25, 0.3) is 0 Å². The molecule has 1 aromatic carbocycles. The lowest BCUT2D eigenvalue weighted by Gasteiger charge is -2.27. The first-order valence-corrected chi connectivity index (χ1v) is 9.70. The Bertz CT molecular complexity index is 854. The number of hydrogen-bond donors (Lipinski definition) is 3. The SMILES string of the molecule is CCc1cccc2c1NC(=O)[C@]21[NH2+][C@@H]([C@@H](C)O)[C@H]2C(=O)N(CCOC)C(=O)[C@H]21. The number of nitrogens with one attached hydrogen (secondary N) is 1. The predicted octanol–water partition coefficient (Wildman–Crippen LogP) is -1.03. The van der Waals surface area contributed by atoms with E-state index in [9.17, 15) is 19.5 Å². The Morgan fingerprint density at radius 1 is 1.32 bits per heavy atom. The number of carbonyl (C=O) groups excluding carboxylic acids is 3. The first-order chi connectivity index (χ1) is 13.4. The van der Waals surface area contributed by atoms with Gasteiger partial charge in [-0.25, -0.2) is 0 Å². The van der Waals surface area contributed by atoms with E-state index < -0.39 is 29.5 Å². The average Bonchev–Trinajstić information content (AvgIpc) is 3.26. The molecule has 2 fully saturated rings. The summed E-state index contributed by atoms with van der Waals surface area (Å²) in [7, 11) is 1.51. The minimum atomic E-state index is -1.23. The summed E-state index contributed by atoms with van der Waals surface area (Å²) in [6.07, 6.45) is -0.113. The van der Waals surface area contributed by atoms with Gasteiger partial charge >= 0.3 is 0 Å². The Balaban J connectivity index is 1.87. The maximum atomic E-state index is 13.3. The predicted molar refractivity (Wildman–Crippen MR) is 99.1 cm³/mol. The number of para-hydroxylation sites is 1. The summed E-state index contributed by atoms with van der Waals surface area (Å²) >= 11 is 0. The number of fused-ring (bicyclic) bond motifs is 4. The number of aliphatic hydroxyl groups is 1. The second kappa shape index (κ2) is 6.65. The van der Waals surface area contributed by atoms with Crippen molar-refractivity contribution in [3.05, 3.63) is 29.3 Å². The number of ether oxygens (including phenoxy) is 1. The van der Waals surface area contributed by atoms with Crippen molar-refractivity contribution in [2.75, 3.05) is 25.6 Å². The quantitative estimate of drug-likeness (QED) is 0.559. The summed E-state index contributed by atoms with van der Waals surface area (Å²) in [5, 5.41) is 15.1. The summed E-state index contributed by atoms with van der Waals surface area (Å²) in [6, 6.07) is 5.10. The number of methoxy groups -OCH3 is 1. The van der Waals surface area contributed by atoms with Crippen molar-refractivity contribution in [2.24, 2.45) is 11.8 Å². The van der Waals surface area contributed by atoms with Crippen LogP contribution in [0.2, 0.25) is 0 Å². The molecule has 3 aliphatic heterocycles. The van der Waals surface area contributed by atoms with Gasteiger partial charge in [-0.3, -0.25) is 19.3 Å². The zero-order valence-electron chi connectivity index (χ0n) is 16.3. The minimum Gasteiger partial charge on any atom is -0.387 e. The molecular weight excluding hydrogens is 362 g/mol. The number of hydrogen-bond acceptors (Lipinski definition) is 5. The van der Waals surface area contributed by atoms with Crippen LogP contribution in [0.15, 0.2) is 18.2 Å². The van der Waals surface area contributed by atoms with E-state index in [2.05, 4.69) is 5.32 Å². The van der Waals surface area contributed by atoms with E-state index in [-0.39, 0.29) is 30.9 Å². The van der Waals surface area contributed by atoms with Gasteiger partial charge in [0, 0.05) is 12.7 Å². The smallest absolute Gasteiger partial charge is 0.291 e. The lowest BCUT2D eigenvalue weighted by molar-refractivity contribution is -0.738. The fourth-order valence-electron chi connectivity index (χ4n) is 5.17. The van der Waals surface area contributed by atoms with Crippen LogP contribution in [-0.2, 0) is 31.1 Å². The molecule has 0 bridgehead atoms. The van der Waals surface area contributed by atoms with Gasteiger partial charge in [0.25, 0.3) is 5.91 Å². The Morgan fingerprint density at radius 2 is 2.07 bits per heavy atom. The Kier molecular flexibility index (Phi) is 4.52. The molecule has 0 aromatic heterocycles. The molecule has 0 radical (unpaired) electrons. The second-order valence-corrected chi connectivity index (χ2v) is 7.83. The van der Waals surface area contributed by atoms with Gasteiger partial charge in [0.1, 0.15) is 24.0 Å². The zero-order chi connectivity index (χ0) is 20.2. The number of benzene rings is 1. The molecule has 3 amide bonds. The molecule has 2 saturated heterocycles. The number of nitrogens with two attached hydrogens (primary N) is 1. The Labute approximate surface area is 163 Å². The number of anilines is 1. The van der Waals surface area contributed by atoms with Crippen LogP contribution in [0.1, 0.15) is 25.0 Å². The van der Waals surface area contributed by atoms with Crippen molar-refractivity contribution in [2.45, 2.75) is 38.0 Å². The highest BCUT2D eigenvalue weighted by Gasteiger charge is 2.74. The summed E-state index contributed by atoms with van der Waals surface area (Å²) < 4.78 is 5.04. The highest BCUT2D eigenvalue weighted by atomic mass is 16.5. The lowest BCUT2D eigenvalue weighted by atomic mass is 9.76. The number of carbonyl (C=O) groups is 3. The molecule has 8 nitrogen and oxygen atoms in total. The summed E-state index contributed by atoms with van der Waals surface area (Å²) in [5.74, 6) is -2.58.